The summed E-state index contributed by atoms with van der Waals surface area (Å²) in [5.41, 5.74) is 0. The van der Waals surface area contributed by atoms with E-state index in [0.717, 1.165) is 19.8 Å². The molecule has 2 atom stereocenters. The van der Waals surface area contributed by atoms with Gasteiger partial charge in [0.25, 0.3) is 0 Å². The monoisotopic (exact) mass is 408 g/mol. The Bertz CT molecular complexity index is 323. The van der Waals surface area contributed by atoms with E-state index in [1.807, 2.05) is 0 Å². The number of hydrogen-bond donors (Lipinski definition) is 1. The number of quaternary nitrogens is 1. The van der Waals surface area contributed by atoms with Gasteiger partial charge in [0.2, 0.25) is 0 Å². The van der Waals surface area contributed by atoms with Gasteiger partial charge in [-0.1, -0.05) is 0 Å². The lowest BCUT2D eigenvalue weighted by Crippen LogP contribution is -3.14. The first kappa shape index (κ1) is 25.7. The van der Waals surface area contributed by atoms with Crippen molar-refractivity contribution in [1.29, 1.82) is 0 Å². The van der Waals surface area contributed by atoms with E-state index in [9.17, 15) is 0 Å². The zero-order valence-corrected chi connectivity index (χ0v) is 18.0. The van der Waals surface area contributed by atoms with Crippen LogP contribution in [0.25, 0.3) is 0 Å². The van der Waals surface area contributed by atoms with Crippen LogP contribution in [0, 0.1) is 5.92 Å². The molecule has 28 heavy (non-hydrogen) atoms. The van der Waals surface area contributed by atoms with Crippen molar-refractivity contribution >= 4 is 0 Å². The molecule has 1 heterocycles. The van der Waals surface area contributed by atoms with Gasteiger partial charge in [-0.05, 0) is 12.8 Å². The summed E-state index contributed by atoms with van der Waals surface area (Å²) in [6.07, 6.45) is 2.52. The van der Waals surface area contributed by atoms with Crippen LogP contribution in [0.1, 0.15) is 12.8 Å². The van der Waals surface area contributed by atoms with Crippen molar-refractivity contribution in [2.75, 3.05) is 113 Å². The minimum Gasteiger partial charge on any atom is -0.382 e. The van der Waals surface area contributed by atoms with Crippen molar-refractivity contribution in [3.63, 3.8) is 0 Å². The largest absolute Gasteiger partial charge is 0.382 e. The summed E-state index contributed by atoms with van der Waals surface area (Å²) in [6, 6.07) is 0. The molecule has 8 heteroatoms. The normalized spacial score (nSPS) is 19.9. The van der Waals surface area contributed by atoms with Gasteiger partial charge < -0.3 is 38.1 Å². The Morgan fingerprint density at radius 2 is 1.14 bits per heavy atom. The van der Waals surface area contributed by atoms with E-state index in [4.69, 9.17) is 33.2 Å². The Morgan fingerprint density at radius 3 is 1.71 bits per heavy atom. The van der Waals surface area contributed by atoms with Crippen LogP contribution in [0.15, 0.2) is 0 Å². The molecular weight excluding hydrogens is 366 g/mol. The highest BCUT2D eigenvalue weighted by Gasteiger charge is 2.22. The van der Waals surface area contributed by atoms with Gasteiger partial charge in [-0.15, -0.1) is 0 Å². The average Bonchev–Trinajstić information content (AvgIpc) is 2.72. The number of rotatable bonds is 20. The Balaban J connectivity index is 1.88. The Hall–Kier alpha value is -0.320. The SMILES string of the molecule is COCCOCCOCCOCC1CCC[NH+](CCOCCOCCOC)C1. The molecule has 1 aliphatic heterocycles. The third-order valence-corrected chi connectivity index (χ3v) is 4.65. The van der Waals surface area contributed by atoms with Crippen molar-refractivity contribution in [1.82, 2.24) is 0 Å². The maximum absolute atomic E-state index is 5.80. The van der Waals surface area contributed by atoms with Gasteiger partial charge in [0.15, 0.2) is 0 Å². The van der Waals surface area contributed by atoms with Gasteiger partial charge in [0, 0.05) is 20.1 Å². The van der Waals surface area contributed by atoms with E-state index in [-0.39, 0.29) is 0 Å². The molecule has 1 rings (SSSR count). The van der Waals surface area contributed by atoms with Crippen LogP contribution in [0.2, 0.25) is 0 Å². The summed E-state index contributed by atoms with van der Waals surface area (Å²) in [5.74, 6) is 0.638. The molecule has 0 bridgehead atoms. The van der Waals surface area contributed by atoms with Crippen molar-refractivity contribution in [2.24, 2.45) is 5.92 Å². The number of likely N-dealkylation sites (tertiary alicyclic amines) is 1. The predicted octanol–water partition coefficient (Wildman–Crippen LogP) is -0.343. The van der Waals surface area contributed by atoms with Crippen molar-refractivity contribution < 1.29 is 38.1 Å². The molecule has 8 nitrogen and oxygen atoms in total. The van der Waals surface area contributed by atoms with E-state index in [1.165, 1.54) is 25.9 Å². The van der Waals surface area contributed by atoms with Crippen LogP contribution >= 0.6 is 0 Å². The fourth-order valence-electron chi connectivity index (χ4n) is 3.14. The molecule has 0 aliphatic carbocycles. The fourth-order valence-corrected chi connectivity index (χ4v) is 3.14. The molecule has 1 N–H and O–H groups in total. The number of ether oxygens (including phenoxy) is 7. The number of hydrogen-bond acceptors (Lipinski definition) is 7. The molecule has 0 aromatic heterocycles. The lowest BCUT2D eigenvalue weighted by Gasteiger charge is -2.29. The van der Waals surface area contributed by atoms with Gasteiger partial charge in [0.05, 0.1) is 92.4 Å². The summed E-state index contributed by atoms with van der Waals surface area (Å²) in [4.78, 5) is 1.62. The van der Waals surface area contributed by atoms with Gasteiger partial charge in [0.1, 0.15) is 6.54 Å². The highest BCUT2D eigenvalue weighted by molar-refractivity contribution is 4.61. The maximum Gasteiger partial charge on any atom is 0.101 e. The van der Waals surface area contributed by atoms with E-state index < -0.39 is 0 Å². The summed E-state index contributed by atoms with van der Waals surface area (Å²) >= 11 is 0. The first-order valence-corrected chi connectivity index (χ1v) is 10.6. The average molecular weight is 409 g/mol. The minimum absolute atomic E-state index is 0.603. The molecule has 168 valence electrons. The summed E-state index contributed by atoms with van der Waals surface area (Å²) in [6.45, 7) is 11.3. The van der Waals surface area contributed by atoms with E-state index >= 15 is 0 Å². The third-order valence-electron chi connectivity index (χ3n) is 4.65. The third kappa shape index (κ3) is 15.6. The molecule has 0 aromatic rings. The number of nitrogens with one attached hydrogen (secondary N) is 1. The van der Waals surface area contributed by atoms with E-state index in [1.54, 1.807) is 19.1 Å². The molecule has 0 radical (unpaired) electrons. The standard InChI is InChI=1S/C20H41NO7/c1-22-8-10-25-13-12-24-7-6-21-5-3-4-20(18-21)19-28-17-16-27-15-14-26-11-9-23-2/h20H,3-19H2,1-2H3/p+1. The Labute approximate surface area is 170 Å². The minimum atomic E-state index is 0.603. The summed E-state index contributed by atoms with van der Waals surface area (Å²) in [5, 5.41) is 0. The molecule has 0 spiro atoms. The molecule has 0 saturated carbocycles. The lowest BCUT2D eigenvalue weighted by atomic mass is 9.99. The molecular formula is C20H42NO7+. The topological polar surface area (TPSA) is 69.1 Å². The summed E-state index contributed by atoms with van der Waals surface area (Å²) < 4.78 is 37.5. The van der Waals surface area contributed by atoms with Crippen LogP contribution < -0.4 is 4.90 Å². The first-order chi connectivity index (χ1) is 13.9. The highest BCUT2D eigenvalue weighted by Crippen LogP contribution is 2.07. The fraction of sp³-hybridized carbons (Fsp3) is 1.00. The van der Waals surface area contributed by atoms with E-state index in [0.29, 0.717) is 72.0 Å². The second-order valence-corrected chi connectivity index (χ2v) is 6.97. The van der Waals surface area contributed by atoms with Crippen LogP contribution in [0.3, 0.4) is 0 Å². The van der Waals surface area contributed by atoms with Crippen molar-refractivity contribution in [2.45, 2.75) is 12.8 Å². The molecule has 1 fully saturated rings. The van der Waals surface area contributed by atoms with Crippen LogP contribution in [-0.4, -0.2) is 113 Å². The zero-order valence-electron chi connectivity index (χ0n) is 18.0. The van der Waals surface area contributed by atoms with Crippen molar-refractivity contribution in [3.8, 4) is 0 Å². The quantitative estimate of drug-likeness (QED) is 0.276. The first-order valence-electron chi connectivity index (χ1n) is 10.6. The molecule has 1 aliphatic rings. The molecule has 0 amide bonds. The van der Waals surface area contributed by atoms with Crippen LogP contribution in [0.4, 0.5) is 0 Å². The Kier molecular flexibility index (Phi) is 18.3. The van der Waals surface area contributed by atoms with Gasteiger partial charge in [-0.2, -0.15) is 0 Å². The predicted molar refractivity (Wildman–Crippen MR) is 106 cm³/mol. The maximum atomic E-state index is 5.80. The van der Waals surface area contributed by atoms with E-state index in [2.05, 4.69) is 0 Å². The second-order valence-electron chi connectivity index (χ2n) is 6.97. The number of piperidine rings is 1. The zero-order chi connectivity index (χ0) is 20.1. The summed E-state index contributed by atoms with van der Waals surface area (Å²) in [7, 11) is 3.34. The van der Waals surface area contributed by atoms with Gasteiger partial charge in [-0.25, -0.2) is 0 Å². The highest BCUT2D eigenvalue weighted by atomic mass is 16.6. The molecule has 2 unspecified atom stereocenters. The van der Waals surface area contributed by atoms with Crippen LogP contribution in [0.5, 0.6) is 0 Å². The van der Waals surface area contributed by atoms with Crippen molar-refractivity contribution in [3.05, 3.63) is 0 Å². The molecule has 0 aromatic carbocycles. The van der Waals surface area contributed by atoms with Crippen LogP contribution in [-0.2, 0) is 33.2 Å². The van der Waals surface area contributed by atoms with Gasteiger partial charge >= 0.3 is 0 Å². The molecule has 1 saturated heterocycles. The van der Waals surface area contributed by atoms with Gasteiger partial charge in [-0.3, -0.25) is 0 Å². The lowest BCUT2D eigenvalue weighted by molar-refractivity contribution is -0.909. The smallest absolute Gasteiger partial charge is 0.101 e. The second kappa shape index (κ2) is 20.0. The number of methoxy groups -OCH3 is 2. The Morgan fingerprint density at radius 1 is 0.643 bits per heavy atom.